The second kappa shape index (κ2) is 6.53. The SMILES string of the molecule is c1ccc([C@@H](C2CCCCC2)N2CCNCC2)cc1. The van der Waals surface area contributed by atoms with E-state index in [2.05, 4.69) is 40.5 Å². The molecule has 0 radical (unpaired) electrons. The number of hydrogen-bond acceptors (Lipinski definition) is 2. The number of piperazine rings is 1. The molecule has 2 heteroatoms. The Kier molecular flexibility index (Phi) is 4.52. The highest BCUT2D eigenvalue weighted by Crippen LogP contribution is 2.38. The largest absolute Gasteiger partial charge is 0.314 e. The molecule has 0 aromatic heterocycles. The minimum Gasteiger partial charge on any atom is -0.314 e. The minimum absolute atomic E-state index is 0.656. The van der Waals surface area contributed by atoms with Gasteiger partial charge in [-0.25, -0.2) is 0 Å². The Balaban J connectivity index is 1.81. The molecule has 2 nitrogen and oxygen atoms in total. The lowest BCUT2D eigenvalue weighted by Gasteiger charge is -2.41. The second-order valence-electron chi connectivity index (χ2n) is 6.04. The summed E-state index contributed by atoms with van der Waals surface area (Å²) in [6.07, 6.45) is 7.15. The molecule has 0 amide bonds. The molecule has 0 bridgehead atoms. The molecule has 104 valence electrons. The zero-order valence-corrected chi connectivity index (χ0v) is 11.9. The molecule has 1 heterocycles. The van der Waals surface area contributed by atoms with Gasteiger partial charge in [0.1, 0.15) is 0 Å². The van der Waals surface area contributed by atoms with Crippen LogP contribution in [-0.4, -0.2) is 31.1 Å². The fourth-order valence-corrected chi connectivity index (χ4v) is 3.84. The van der Waals surface area contributed by atoms with Crippen molar-refractivity contribution in [3.63, 3.8) is 0 Å². The fourth-order valence-electron chi connectivity index (χ4n) is 3.84. The Morgan fingerprint density at radius 2 is 1.63 bits per heavy atom. The first-order valence-corrected chi connectivity index (χ1v) is 7.95. The van der Waals surface area contributed by atoms with E-state index < -0.39 is 0 Å². The number of benzene rings is 1. The van der Waals surface area contributed by atoms with Crippen molar-refractivity contribution in [2.24, 2.45) is 5.92 Å². The van der Waals surface area contributed by atoms with Crippen LogP contribution in [0.15, 0.2) is 30.3 Å². The van der Waals surface area contributed by atoms with E-state index in [1.807, 2.05) is 0 Å². The predicted octanol–water partition coefficient (Wildman–Crippen LogP) is 3.21. The van der Waals surface area contributed by atoms with Crippen LogP contribution in [0.4, 0.5) is 0 Å². The molecule has 1 N–H and O–H groups in total. The average Bonchev–Trinajstić information content (AvgIpc) is 2.51. The summed E-state index contributed by atoms with van der Waals surface area (Å²) < 4.78 is 0. The van der Waals surface area contributed by atoms with Gasteiger partial charge in [0.15, 0.2) is 0 Å². The summed E-state index contributed by atoms with van der Waals surface area (Å²) in [5.74, 6) is 0.870. The van der Waals surface area contributed by atoms with Gasteiger partial charge in [-0.2, -0.15) is 0 Å². The van der Waals surface area contributed by atoms with Crippen molar-refractivity contribution in [2.45, 2.75) is 38.1 Å². The maximum Gasteiger partial charge on any atom is 0.0377 e. The third-order valence-corrected chi connectivity index (χ3v) is 4.78. The zero-order valence-electron chi connectivity index (χ0n) is 11.9. The van der Waals surface area contributed by atoms with Gasteiger partial charge in [0.25, 0.3) is 0 Å². The monoisotopic (exact) mass is 258 g/mol. The molecule has 1 aromatic carbocycles. The van der Waals surface area contributed by atoms with Crippen LogP contribution in [0.2, 0.25) is 0 Å². The van der Waals surface area contributed by atoms with E-state index >= 15 is 0 Å². The van der Waals surface area contributed by atoms with E-state index in [-0.39, 0.29) is 0 Å². The summed E-state index contributed by atoms with van der Waals surface area (Å²) in [6.45, 7) is 4.71. The molecule has 1 atom stereocenters. The number of nitrogens with one attached hydrogen (secondary N) is 1. The lowest BCUT2D eigenvalue weighted by Crippen LogP contribution is -2.47. The molecule has 1 aliphatic carbocycles. The van der Waals surface area contributed by atoms with Gasteiger partial charge in [0.2, 0.25) is 0 Å². The van der Waals surface area contributed by atoms with Gasteiger partial charge in [-0.15, -0.1) is 0 Å². The quantitative estimate of drug-likeness (QED) is 0.895. The molecule has 2 fully saturated rings. The van der Waals surface area contributed by atoms with E-state index in [4.69, 9.17) is 0 Å². The minimum atomic E-state index is 0.656. The van der Waals surface area contributed by atoms with E-state index in [0.29, 0.717) is 6.04 Å². The molecule has 0 unspecified atom stereocenters. The van der Waals surface area contributed by atoms with E-state index in [0.717, 1.165) is 19.0 Å². The van der Waals surface area contributed by atoms with Gasteiger partial charge in [0.05, 0.1) is 0 Å². The van der Waals surface area contributed by atoms with Crippen LogP contribution in [0, 0.1) is 5.92 Å². The van der Waals surface area contributed by atoms with E-state index in [9.17, 15) is 0 Å². The van der Waals surface area contributed by atoms with Crippen LogP contribution < -0.4 is 5.32 Å². The molecular formula is C17H26N2. The number of nitrogens with zero attached hydrogens (tertiary/aromatic N) is 1. The fraction of sp³-hybridized carbons (Fsp3) is 0.647. The molecule has 1 saturated heterocycles. The summed E-state index contributed by atoms with van der Waals surface area (Å²) in [4.78, 5) is 2.72. The van der Waals surface area contributed by atoms with E-state index in [1.165, 1.54) is 50.8 Å². The van der Waals surface area contributed by atoms with Crippen molar-refractivity contribution in [1.82, 2.24) is 10.2 Å². The molecule has 3 rings (SSSR count). The van der Waals surface area contributed by atoms with Crippen molar-refractivity contribution in [3.8, 4) is 0 Å². The second-order valence-corrected chi connectivity index (χ2v) is 6.04. The highest BCUT2D eigenvalue weighted by molar-refractivity contribution is 5.20. The molecule has 1 aliphatic heterocycles. The highest BCUT2D eigenvalue weighted by atomic mass is 15.2. The molecule has 19 heavy (non-hydrogen) atoms. The molecular weight excluding hydrogens is 232 g/mol. The first-order valence-electron chi connectivity index (χ1n) is 7.95. The lowest BCUT2D eigenvalue weighted by atomic mass is 9.80. The third kappa shape index (κ3) is 3.18. The van der Waals surface area contributed by atoms with Gasteiger partial charge >= 0.3 is 0 Å². The first kappa shape index (κ1) is 13.1. The number of rotatable bonds is 3. The standard InChI is InChI=1S/C17H26N2/c1-3-7-15(8-4-1)17(16-9-5-2-6-10-16)19-13-11-18-12-14-19/h1,3-4,7-8,16-18H,2,5-6,9-14H2/t17-/m0/s1. The van der Waals surface area contributed by atoms with Gasteiger partial charge in [-0.05, 0) is 24.3 Å². The first-order chi connectivity index (χ1) is 9.45. The summed E-state index contributed by atoms with van der Waals surface area (Å²) in [5, 5.41) is 3.48. The zero-order chi connectivity index (χ0) is 12.9. The molecule has 0 spiro atoms. The topological polar surface area (TPSA) is 15.3 Å². The molecule has 1 saturated carbocycles. The third-order valence-electron chi connectivity index (χ3n) is 4.78. The lowest BCUT2D eigenvalue weighted by molar-refractivity contribution is 0.103. The van der Waals surface area contributed by atoms with Crippen molar-refractivity contribution in [1.29, 1.82) is 0 Å². The normalized spacial score (nSPS) is 24.2. The Hall–Kier alpha value is -0.860. The van der Waals surface area contributed by atoms with Crippen LogP contribution in [-0.2, 0) is 0 Å². The Bertz CT molecular complexity index is 346. The van der Waals surface area contributed by atoms with Crippen LogP contribution >= 0.6 is 0 Å². The van der Waals surface area contributed by atoms with Crippen molar-refractivity contribution in [2.75, 3.05) is 26.2 Å². The maximum atomic E-state index is 3.48. The summed E-state index contributed by atoms with van der Waals surface area (Å²) >= 11 is 0. The number of hydrogen-bond donors (Lipinski definition) is 1. The van der Waals surface area contributed by atoms with Gasteiger partial charge in [0, 0.05) is 32.2 Å². The smallest absolute Gasteiger partial charge is 0.0377 e. The van der Waals surface area contributed by atoms with E-state index in [1.54, 1.807) is 0 Å². The predicted molar refractivity (Wildman–Crippen MR) is 80.2 cm³/mol. The van der Waals surface area contributed by atoms with Crippen molar-refractivity contribution < 1.29 is 0 Å². The van der Waals surface area contributed by atoms with Gasteiger partial charge in [-0.1, -0.05) is 49.6 Å². The van der Waals surface area contributed by atoms with Crippen LogP contribution in [0.5, 0.6) is 0 Å². The van der Waals surface area contributed by atoms with Crippen LogP contribution in [0.3, 0.4) is 0 Å². The Morgan fingerprint density at radius 1 is 0.947 bits per heavy atom. The highest BCUT2D eigenvalue weighted by Gasteiger charge is 2.30. The van der Waals surface area contributed by atoms with Crippen molar-refractivity contribution >= 4 is 0 Å². The summed E-state index contributed by atoms with van der Waals surface area (Å²) in [6, 6.07) is 11.9. The van der Waals surface area contributed by atoms with Crippen LogP contribution in [0.25, 0.3) is 0 Å². The summed E-state index contributed by atoms with van der Waals surface area (Å²) in [7, 11) is 0. The maximum absolute atomic E-state index is 3.48. The van der Waals surface area contributed by atoms with Gasteiger partial charge in [-0.3, -0.25) is 4.90 Å². The summed E-state index contributed by atoms with van der Waals surface area (Å²) in [5.41, 5.74) is 1.54. The van der Waals surface area contributed by atoms with Crippen molar-refractivity contribution in [3.05, 3.63) is 35.9 Å². The molecule has 1 aromatic rings. The average molecular weight is 258 g/mol. The Morgan fingerprint density at radius 3 is 2.32 bits per heavy atom. The van der Waals surface area contributed by atoms with Crippen LogP contribution in [0.1, 0.15) is 43.7 Å². The molecule has 2 aliphatic rings. The Labute approximate surface area is 117 Å². The van der Waals surface area contributed by atoms with Gasteiger partial charge < -0.3 is 5.32 Å².